The van der Waals surface area contributed by atoms with E-state index in [1.807, 2.05) is 13.2 Å². The Morgan fingerprint density at radius 1 is 1.50 bits per heavy atom. The van der Waals surface area contributed by atoms with Gasteiger partial charge in [0.15, 0.2) is 0 Å². The second kappa shape index (κ2) is 5.25. The van der Waals surface area contributed by atoms with Gasteiger partial charge in [-0.2, -0.15) is 10.4 Å². The molecule has 1 aromatic carbocycles. The van der Waals surface area contributed by atoms with Crippen LogP contribution in [0.25, 0.3) is 0 Å². The van der Waals surface area contributed by atoms with E-state index in [1.165, 1.54) is 11.8 Å². The molecule has 92 valence electrons. The molecule has 1 heterocycles. The molecular formula is C13H13N3OS. The van der Waals surface area contributed by atoms with Gasteiger partial charge in [-0.1, -0.05) is 17.8 Å². The molecule has 5 heteroatoms. The zero-order valence-corrected chi connectivity index (χ0v) is 11.0. The molecule has 0 radical (unpaired) electrons. The summed E-state index contributed by atoms with van der Waals surface area (Å²) >= 11 is 1.50. The molecule has 0 fully saturated rings. The molecule has 18 heavy (non-hydrogen) atoms. The van der Waals surface area contributed by atoms with Gasteiger partial charge in [-0.25, -0.2) is 0 Å². The number of benzene rings is 1. The van der Waals surface area contributed by atoms with Crippen molar-refractivity contribution in [3.05, 3.63) is 41.7 Å². The first-order valence-electron chi connectivity index (χ1n) is 5.49. The van der Waals surface area contributed by atoms with Crippen LogP contribution in [0.4, 0.5) is 0 Å². The molecule has 0 amide bonds. The fourth-order valence-electron chi connectivity index (χ4n) is 1.62. The lowest BCUT2D eigenvalue weighted by molar-refractivity contribution is 0.196. The van der Waals surface area contributed by atoms with Crippen molar-refractivity contribution >= 4 is 11.8 Å². The molecule has 0 aliphatic carbocycles. The highest BCUT2D eigenvalue weighted by Gasteiger charge is 2.11. The predicted octanol–water partition coefficient (Wildman–Crippen LogP) is 2.50. The highest BCUT2D eigenvalue weighted by Crippen LogP contribution is 2.33. The molecule has 0 saturated carbocycles. The van der Waals surface area contributed by atoms with E-state index in [4.69, 9.17) is 5.26 Å². The van der Waals surface area contributed by atoms with Crippen LogP contribution >= 0.6 is 11.8 Å². The summed E-state index contributed by atoms with van der Waals surface area (Å²) in [5.41, 5.74) is 1.41. The van der Waals surface area contributed by atoms with Crippen LogP contribution in [-0.4, -0.2) is 14.9 Å². The molecule has 0 spiro atoms. The zero-order valence-electron chi connectivity index (χ0n) is 10.2. The number of aliphatic hydroxyl groups is 1. The quantitative estimate of drug-likeness (QED) is 0.920. The van der Waals surface area contributed by atoms with E-state index in [0.29, 0.717) is 5.56 Å². The molecule has 0 aliphatic rings. The summed E-state index contributed by atoms with van der Waals surface area (Å²) in [5.74, 6) is 0. The van der Waals surface area contributed by atoms with Gasteiger partial charge >= 0.3 is 0 Å². The molecule has 4 nitrogen and oxygen atoms in total. The van der Waals surface area contributed by atoms with Gasteiger partial charge in [0.05, 0.1) is 28.8 Å². The first-order chi connectivity index (χ1) is 8.60. The number of hydrogen-bond donors (Lipinski definition) is 1. The molecule has 0 aliphatic heterocycles. The Morgan fingerprint density at radius 3 is 2.83 bits per heavy atom. The van der Waals surface area contributed by atoms with Crippen molar-refractivity contribution in [1.82, 2.24) is 9.78 Å². The predicted molar refractivity (Wildman–Crippen MR) is 69.1 cm³/mol. The largest absolute Gasteiger partial charge is 0.389 e. The maximum absolute atomic E-state index is 9.73. The van der Waals surface area contributed by atoms with E-state index in [9.17, 15) is 5.11 Å². The van der Waals surface area contributed by atoms with Crippen molar-refractivity contribution in [3.8, 4) is 6.07 Å². The SMILES string of the molecule is CC(O)c1ccc(C#N)cc1Sc1cnn(C)c1. The lowest BCUT2D eigenvalue weighted by atomic mass is 10.1. The highest BCUT2D eigenvalue weighted by atomic mass is 32.2. The molecule has 1 N–H and O–H groups in total. The first kappa shape index (κ1) is 12.7. The molecule has 1 atom stereocenters. The second-order valence-electron chi connectivity index (χ2n) is 3.99. The molecule has 1 aromatic heterocycles. The molecule has 0 saturated heterocycles. The van der Waals surface area contributed by atoms with Crippen molar-refractivity contribution in [2.75, 3.05) is 0 Å². The van der Waals surface area contributed by atoms with Crippen LogP contribution in [0.5, 0.6) is 0 Å². The van der Waals surface area contributed by atoms with E-state index in [1.54, 1.807) is 36.0 Å². The van der Waals surface area contributed by atoms with E-state index >= 15 is 0 Å². The van der Waals surface area contributed by atoms with E-state index in [0.717, 1.165) is 15.4 Å². The fraction of sp³-hybridized carbons (Fsp3) is 0.231. The van der Waals surface area contributed by atoms with Gasteiger partial charge in [-0.15, -0.1) is 0 Å². The van der Waals surface area contributed by atoms with Gasteiger partial charge in [0.2, 0.25) is 0 Å². The third-order valence-corrected chi connectivity index (χ3v) is 3.52. The number of aryl methyl sites for hydroxylation is 1. The smallest absolute Gasteiger partial charge is 0.0992 e. The Bertz CT molecular complexity index is 599. The highest BCUT2D eigenvalue weighted by molar-refractivity contribution is 7.99. The lowest BCUT2D eigenvalue weighted by Gasteiger charge is -2.10. The number of aliphatic hydroxyl groups excluding tert-OH is 1. The average molecular weight is 259 g/mol. The summed E-state index contributed by atoms with van der Waals surface area (Å²) in [6.45, 7) is 1.72. The Kier molecular flexibility index (Phi) is 3.70. The van der Waals surface area contributed by atoms with Crippen LogP contribution in [0.1, 0.15) is 24.2 Å². The molecule has 1 unspecified atom stereocenters. The summed E-state index contributed by atoms with van der Waals surface area (Å²) in [7, 11) is 1.85. The Balaban J connectivity index is 2.38. The molecular weight excluding hydrogens is 246 g/mol. The maximum atomic E-state index is 9.73. The van der Waals surface area contributed by atoms with Crippen LogP contribution in [-0.2, 0) is 7.05 Å². The average Bonchev–Trinajstić information content (AvgIpc) is 2.74. The van der Waals surface area contributed by atoms with Crippen molar-refractivity contribution < 1.29 is 5.11 Å². The minimum Gasteiger partial charge on any atom is -0.389 e. The first-order valence-corrected chi connectivity index (χ1v) is 6.30. The van der Waals surface area contributed by atoms with Gasteiger partial charge in [0.1, 0.15) is 0 Å². The van der Waals surface area contributed by atoms with Gasteiger partial charge < -0.3 is 5.11 Å². The standard InChI is InChI=1S/C13H13N3OS/c1-9(17)12-4-3-10(6-14)5-13(12)18-11-7-15-16(2)8-11/h3-5,7-9,17H,1-2H3. The Labute approximate surface area is 110 Å². The van der Waals surface area contributed by atoms with Crippen molar-refractivity contribution in [3.63, 3.8) is 0 Å². The maximum Gasteiger partial charge on any atom is 0.0992 e. The van der Waals surface area contributed by atoms with E-state index < -0.39 is 6.10 Å². The third-order valence-electron chi connectivity index (χ3n) is 2.50. The Hall–Kier alpha value is -1.77. The fourth-order valence-corrected chi connectivity index (χ4v) is 2.72. The number of rotatable bonds is 3. The minimum absolute atomic E-state index is 0.558. The van der Waals surface area contributed by atoms with Crippen LogP contribution in [0.15, 0.2) is 40.4 Å². The van der Waals surface area contributed by atoms with E-state index in [-0.39, 0.29) is 0 Å². The van der Waals surface area contributed by atoms with Crippen molar-refractivity contribution in [2.45, 2.75) is 22.8 Å². The summed E-state index contributed by atoms with van der Waals surface area (Å²) in [5, 5.41) is 22.8. The topological polar surface area (TPSA) is 61.8 Å². The number of nitriles is 1. The number of aromatic nitrogens is 2. The Morgan fingerprint density at radius 2 is 2.28 bits per heavy atom. The molecule has 2 aromatic rings. The number of nitrogens with zero attached hydrogens (tertiary/aromatic N) is 3. The van der Waals surface area contributed by atoms with Crippen molar-refractivity contribution in [2.24, 2.45) is 7.05 Å². The number of hydrogen-bond acceptors (Lipinski definition) is 4. The summed E-state index contributed by atoms with van der Waals surface area (Å²) in [6, 6.07) is 7.41. The monoisotopic (exact) mass is 259 g/mol. The normalized spacial score (nSPS) is 12.1. The minimum atomic E-state index is -0.558. The lowest BCUT2D eigenvalue weighted by Crippen LogP contribution is -1.94. The molecule has 0 bridgehead atoms. The van der Waals surface area contributed by atoms with Crippen LogP contribution < -0.4 is 0 Å². The van der Waals surface area contributed by atoms with Gasteiger partial charge in [0, 0.05) is 18.1 Å². The van der Waals surface area contributed by atoms with Gasteiger partial charge in [0.25, 0.3) is 0 Å². The molecule has 2 rings (SSSR count). The van der Waals surface area contributed by atoms with Crippen LogP contribution in [0, 0.1) is 11.3 Å². The van der Waals surface area contributed by atoms with Crippen molar-refractivity contribution in [1.29, 1.82) is 5.26 Å². The summed E-state index contributed by atoms with van der Waals surface area (Å²) in [6.07, 6.45) is 3.10. The third kappa shape index (κ3) is 2.73. The summed E-state index contributed by atoms with van der Waals surface area (Å²) < 4.78 is 1.72. The van der Waals surface area contributed by atoms with E-state index in [2.05, 4.69) is 11.2 Å². The van der Waals surface area contributed by atoms with Crippen LogP contribution in [0.3, 0.4) is 0 Å². The van der Waals surface area contributed by atoms with Crippen LogP contribution in [0.2, 0.25) is 0 Å². The van der Waals surface area contributed by atoms with Gasteiger partial charge in [-0.05, 0) is 24.6 Å². The summed E-state index contributed by atoms with van der Waals surface area (Å²) in [4.78, 5) is 1.87. The second-order valence-corrected chi connectivity index (χ2v) is 5.11. The zero-order chi connectivity index (χ0) is 13.1. The van der Waals surface area contributed by atoms with Gasteiger partial charge in [-0.3, -0.25) is 4.68 Å².